The third kappa shape index (κ3) is 4.47. The fourth-order valence-electron chi connectivity index (χ4n) is 3.76. The third-order valence-corrected chi connectivity index (χ3v) is 5.76. The van der Waals surface area contributed by atoms with E-state index in [9.17, 15) is 9.59 Å². The molecule has 4 rings (SSSR count). The van der Waals surface area contributed by atoms with Crippen LogP contribution in [0.1, 0.15) is 17.0 Å². The number of carbonyl (C=O) groups excluding carboxylic acids is 1. The van der Waals surface area contributed by atoms with Gasteiger partial charge in [-0.2, -0.15) is 10.2 Å². The van der Waals surface area contributed by atoms with E-state index in [4.69, 9.17) is 21.1 Å². The van der Waals surface area contributed by atoms with Gasteiger partial charge in [0.15, 0.2) is 0 Å². The number of nitrogens with zero attached hydrogens (tertiary/aromatic N) is 4. The number of benzene rings is 2. The van der Waals surface area contributed by atoms with Crippen molar-refractivity contribution in [3.05, 3.63) is 74.8 Å². The van der Waals surface area contributed by atoms with Crippen molar-refractivity contribution in [3.8, 4) is 17.2 Å². The molecular weight excluding hydrogens is 458 g/mol. The molecule has 2 aromatic carbocycles. The average Bonchev–Trinajstić information content (AvgIpc) is 3.19. The molecule has 0 bridgehead atoms. The van der Waals surface area contributed by atoms with E-state index in [0.717, 1.165) is 15.9 Å². The topological polar surface area (TPSA) is 100 Å². The Morgan fingerprint density at radius 1 is 1.06 bits per heavy atom. The summed E-state index contributed by atoms with van der Waals surface area (Å²) in [5.74, 6) is 0.914. The molecule has 9 nitrogen and oxygen atoms in total. The third-order valence-electron chi connectivity index (χ3n) is 5.51. The van der Waals surface area contributed by atoms with Crippen LogP contribution in [0.2, 0.25) is 5.02 Å². The van der Waals surface area contributed by atoms with Gasteiger partial charge in [0, 0.05) is 17.1 Å². The quantitative estimate of drug-likeness (QED) is 0.435. The van der Waals surface area contributed by atoms with Crippen molar-refractivity contribution in [2.45, 2.75) is 26.9 Å². The molecule has 176 valence electrons. The first-order chi connectivity index (χ1) is 16.3. The van der Waals surface area contributed by atoms with Crippen LogP contribution in [0.15, 0.2) is 47.3 Å². The van der Waals surface area contributed by atoms with Gasteiger partial charge in [0.1, 0.15) is 23.6 Å². The number of halogens is 1. The Bertz CT molecular complexity index is 1430. The molecule has 4 aromatic rings. The minimum Gasteiger partial charge on any atom is -0.497 e. The second-order valence-corrected chi connectivity index (χ2v) is 8.14. The van der Waals surface area contributed by atoms with Crippen LogP contribution in [0.3, 0.4) is 0 Å². The minimum atomic E-state index is -0.382. The smallest absolute Gasteiger partial charge is 0.278 e. The SMILES string of the molecule is COc1ccc(OC)c(CNC(=O)Cn2nc(C)c3nn(-c4ccc(Cl)cc4)c(C)c3c2=O)c1. The molecule has 0 aliphatic heterocycles. The summed E-state index contributed by atoms with van der Waals surface area (Å²) in [4.78, 5) is 25.9. The molecule has 34 heavy (non-hydrogen) atoms. The van der Waals surface area contributed by atoms with E-state index in [1.165, 1.54) is 0 Å². The molecule has 2 aromatic heterocycles. The Kier molecular flexibility index (Phi) is 6.56. The molecule has 10 heteroatoms. The standard InChI is InChI=1S/C24H24ClN5O4/c1-14-23-22(15(2)30(28-23)18-7-5-17(25)6-8-18)24(32)29(27-14)13-21(31)26-12-16-11-19(33-3)9-10-20(16)34-4/h5-11H,12-13H2,1-4H3,(H,26,31). The number of aryl methyl sites for hydroxylation is 2. The highest BCUT2D eigenvalue weighted by atomic mass is 35.5. The lowest BCUT2D eigenvalue weighted by Gasteiger charge is -2.12. The Morgan fingerprint density at radius 2 is 1.79 bits per heavy atom. The molecule has 0 atom stereocenters. The molecule has 0 spiro atoms. The number of rotatable bonds is 7. The number of fused-ring (bicyclic) bond motifs is 1. The van der Waals surface area contributed by atoms with E-state index in [1.807, 2.05) is 19.1 Å². The van der Waals surface area contributed by atoms with E-state index < -0.39 is 0 Å². The summed E-state index contributed by atoms with van der Waals surface area (Å²) in [5.41, 5.74) is 2.84. The first-order valence-electron chi connectivity index (χ1n) is 10.5. The van der Waals surface area contributed by atoms with Crippen molar-refractivity contribution in [1.29, 1.82) is 0 Å². The summed E-state index contributed by atoms with van der Waals surface area (Å²) in [7, 11) is 3.12. The fourth-order valence-corrected chi connectivity index (χ4v) is 3.89. The monoisotopic (exact) mass is 481 g/mol. The number of methoxy groups -OCH3 is 2. The van der Waals surface area contributed by atoms with Gasteiger partial charge in [-0.25, -0.2) is 9.36 Å². The predicted octanol–water partition coefficient (Wildman–Crippen LogP) is 3.19. The number of amides is 1. The number of ether oxygens (including phenoxy) is 2. The minimum absolute atomic E-state index is 0.211. The molecule has 0 saturated heterocycles. The molecule has 0 saturated carbocycles. The lowest BCUT2D eigenvalue weighted by Crippen LogP contribution is -2.34. The maximum Gasteiger partial charge on any atom is 0.278 e. The van der Waals surface area contributed by atoms with E-state index in [-0.39, 0.29) is 24.6 Å². The highest BCUT2D eigenvalue weighted by molar-refractivity contribution is 6.30. The van der Waals surface area contributed by atoms with Gasteiger partial charge >= 0.3 is 0 Å². The summed E-state index contributed by atoms with van der Waals surface area (Å²) in [6, 6.07) is 12.5. The van der Waals surface area contributed by atoms with Crippen LogP contribution < -0.4 is 20.3 Å². The van der Waals surface area contributed by atoms with Crippen LogP contribution >= 0.6 is 11.6 Å². The van der Waals surface area contributed by atoms with Gasteiger partial charge in [-0.1, -0.05) is 11.6 Å². The van der Waals surface area contributed by atoms with E-state index >= 15 is 0 Å². The summed E-state index contributed by atoms with van der Waals surface area (Å²) in [6.07, 6.45) is 0. The predicted molar refractivity (Wildman–Crippen MR) is 129 cm³/mol. The molecule has 2 heterocycles. The van der Waals surface area contributed by atoms with Crippen LogP contribution in [0.25, 0.3) is 16.6 Å². The van der Waals surface area contributed by atoms with Crippen molar-refractivity contribution in [3.63, 3.8) is 0 Å². The Hall–Kier alpha value is -3.85. The Morgan fingerprint density at radius 3 is 2.47 bits per heavy atom. The zero-order valence-corrected chi connectivity index (χ0v) is 20.0. The van der Waals surface area contributed by atoms with Crippen LogP contribution in [0.4, 0.5) is 0 Å². The molecule has 0 aliphatic rings. The van der Waals surface area contributed by atoms with Crippen molar-refractivity contribution >= 4 is 28.4 Å². The van der Waals surface area contributed by atoms with E-state index in [1.54, 1.807) is 56.2 Å². The van der Waals surface area contributed by atoms with Gasteiger partial charge in [0.25, 0.3) is 5.56 Å². The lowest BCUT2D eigenvalue weighted by molar-refractivity contribution is -0.122. The normalized spacial score (nSPS) is 11.0. The highest BCUT2D eigenvalue weighted by Crippen LogP contribution is 2.24. The number of hydrogen-bond acceptors (Lipinski definition) is 6. The largest absolute Gasteiger partial charge is 0.497 e. The number of hydrogen-bond donors (Lipinski definition) is 1. The summed E-state index contributed by atoms with van der Waals surface area (Å²) >= 11 is 5.99. The maximum atomic E-state index is 13.2. The van der Waals surface area contributed by atoms with Gasteiger partial charge in [0.05, 0.1) is 36.7 Å². The van der Waals surface area contributed by atoms with Crippen molar-refractivity contribution in [1.82, 2.24) is 24.9 Å². The first-order valence-corrected chi connectivity index (χ1v) is 10.9. The van der Waals surface area contributed by atoms with Crippen molar-refractivity contribution in [2.24, 2.45) is 0 Å². The molecule has 1 N–H and O–H groups in total. The lowest BCUT2D eigenvalue weighted by atomic mass is 10.2. The maximum absolute atomic E-state index is 13.2. The van der Waals surface area contributed by atoms with Crippen LogP contribution in [-0.2, 0) is 17.9 Å². The summed E-state index contributed by atoms with van der Waals surface area (Å²) in [5, 5.41) is 12.7. The Labute approximate surface area is 200 Å². The van der Waals surface area contributed by atoms with Crippen molar-refractivity contribution < 1.29 is 14.3 Å². The summed E-state index contributed by atoms with van der Waals surface area (Å²) < 4.78 is 13.4. The second-order valence-electron chi connectivity index (χ2n) is 7.70. The van der Waals surface area contributed by atoms with E-state index in [2.05, 4.69) is 15.5 Å². The van der Waals surface area contributed by atoms with Crippen LogP contribution in [0, 0.1) is 13.8 Å². The molecular formula is C24H24ClN5O4. The molecule has 0 fully saturated rings. The summed E-state index contributed by atoms with van der Waals surface area (Å²) in [6.45, 7) is 3.55. The Balaban J connectivity index is 1.60. The molecule has 0 unspecified atom stereocenters. The molecule has 1 amide bonds. The molecule has 0 radical (unpaired) electrons. The highest BCUT2D eigenvalue weighted by Gasteiger charge is 2.19. The number of nitrogens with one attached hydrogen (secondary N) is 1. The van der Waals surface area contributed by atoms with Crippen LogP contribution in [0.5, 0.6) is 11.5 Å². The first kappa shape index (κ1) is 23.3. The van der Waals surface area contributed by atoms with Gasteiger partial charge < -0.3 is 14.8 Å². The van der Waals surface area contributed by atoms with Crippen LogP contribution in [-0.4, -0.2) is 39.7 Å². The number of carbonyl (C=O) groups is 1. The average molecular weight is 482 g/mol. The van der Waals surface area contributed by atoms with Crippen molar-refractivity contribution in [2.75, 3.05) is 14.2 Å². The van der Waals surface area contributed by atoms with Gasteiger partial charge in [-0.3, -0.25) is 9.59 Å². The fraction of sp³-hybridized carbons (Fsp3) is 0.250. The molecule has 0 aliphatic carbocycles. The second kappa shape index (κ2) is 9.56. The zero-order valence-electron chi connectivity index (χ0n) is 19.3. The van der Waals surface area contributed by atoms with Gasteiger partial charge in [-0.05, 0) is 56.3 Å². The van der Waals surface area contributed by atoms with Gasteiger partial charge in [0.2, 0.25) is 5.91 Å². The van der Waals surface area contributed by atoms with Gasteiger partial charge in [-0.15, -0.1) is 0 Å². The zero-order chi connectivity index (χ0) is 24.4. The van der Waals surface area contributed by atoms with E-state index in [0.29, 0.717) is 38.8 Å². The number of aromatic nitrogens is 4.